The molecule has 1 rings (SSSR count). The van der Waals surface area contributed by atoms with Gasteiger partial charge in [0.25, 0.3) is 0 Å². The fourth-order valence-electron chi connectivity index (χ4n) is 2.04. The van der Waals surface area contributed by atoms with Crippen LogP contribution in [0.1, 0.15) is 51.5 Å². The van der Waals surface area contributed by atoms with Crippen LogP contribution in [0.3, 0.4) is 0 Å². The van der Waals surface area contributed by atoms with Crippen molar-refractivity contribution < 1.29 is 4.79 Å². The van der Waals surface area contributed by atoms with Crippen LogP contribution in [-0.4, -0.2) is 5.78 Å². The van der Waals surface area contributed by atoms with Crippen LogP contribution in [0, 0.1) is 5.92 Å². The quantitative estimate of drug-likeness (QED) is 0.700. The number of Topliss-reactive ketones (excluding diaryl/α,β-unsaturated/α-hetero) is 1. The summed E-state index contributed by atoms with van der Waals surface area (Å²) in [5, 5.41) is 0. The average Bonchev–Trinajstić information content (AvgIpc) is 2.26. The molecule has 0 saturated carbocycles. The van der Waals surface area contributed by atoms with E-state index in [9.17, 15) is 4.79 Å². The first-order valence-electron chi connectivity index (χ1n) is 6.20. The highest BCUT2D eigenvalue weighted by atomic mass is 16.1. The van der Waals surface area contributed by atoms with Crippen LogP contribution in [-0.2, 0) is 4.79 Å². The molecule has 16 heavy (non-hydrogen) atoms. The van der Waals surface area contributed by atoms with Gasteiger partial charge in [-0.15, -0.1) is 0 Å². The molecule has 88 valence electrons. The van der Waals surface area contributed by atoms with Gasteiger partial charge < -0.3 is 0 Å². The highest BCUT2D eigenvalue weighted by Crippen LogP contribution is 2.24. The highest BCUT2D eigenvalue weighted by Gasteiger charge is 2.14. The lowest BCUT2D eigenvalue weighted by Crippen LogP contribution is -2.08. The minimum Gasteiger partial charge on any atom is -0.300 e. The lowest BCUT2D eigenvalue weighted by atomic mass is 9.89. The van der Waals surface area contributed by atoms with Gasteiger partial charge in [0.2, 0.25) is 0 Å². The summed E-state index contributed by atoms with van der Waals surface area (Å²) < 4.78 is 0. The summed E-state index contributed by atoms with van der Waals surface area (Å²) >= 11 is 0. The maximum Gasteiger partial charge on any atom is 0.133 e. The molecule has 0 aliphatic rings. The SMILES string of the molecule is CCC(CC(=O)CC(C)C)c1ccccc1. The summed E-state index contributed by atoms with van der Waals surface area (Å²) in [4.78, 5) is 11.8. The summed E-state index contributed by atoms with van der Waals surface area (Å²) in [6.45, 7) is 6.35. The van der Waals surface area contributed by atoms with E-state index in [1.807, 2.05) is 18.2 Å². The van der Waals surface area contributed by atoms with E-state index < -0.39 is 0 Å². The number of rotatable bonds is 6. The molecule has 1 nitrogen and oxygen atoms in total. The molecule has 1 aromatic carbocycles. The van der Waals surface area contributed by atoms with Crippen molar-refractivity contribution in [3.63, 3.8) is 0 Å². The minimum absolute atomic E-state index is 0.394. The Morgan fingerprint density at radius 1 is 1.12 bits per heavy atom. The van der Waals surface area contributed by atoms with E-state index in [0.717, 1.165) is 6.42 Å². The van der Waals surface area contributed by atoms with Gasteiger partial charge in [-0.3, -0.25) is 4.79 Å². The molecule has 0 fully saturated rings. The Bertz CT molecular complexity index is 313. The van der Waals surface area contributed by atoms with Crippen molar-refractivity contribution in [2.45, 2.75) is 46.0 Å². The van der Waals surface area contributed by atoms with Crippen molar-refractivity contribution >= 4 is 5.78 Å². The minimum atomic E-state index is 0.394. The Kier molecular flexibility index (Phi) is 5.24. The molecule has 1 unspecified atom stereocenters. The van der Waals surface area contributed by atoms with Gasteiger partial charge >= 0.3 is 0 Å². The zero-order valence-electron chi connectivity index (χ0n) is 10.6. The second-order valence-corrected chi connectivity index (χ2v) is 4.86. The fraction of sp³-hybridized carbons (Fsp3) is 0.533. The Morgan fingerprint density at radius 2 is 1.75 bits per heavy atom. The zero-order chi connectivity index (χ0) is 12.0. The van der Waals surface area contributed by atoms with E-state index in [0.29, 0.717) is 30.5 Å². The van der Waals surface area contributed by atoms with Crippen LogP contribution in [0.25, 0.3) is 0 Å². The van der Waals surface area contributed by atoms with Crippen LogP contribution in [0.15, 0.2) is 30.3 Å². The number of benzene rings is 1. The number of carbonyl (C=O) groups is 1. The first kappa shape index (κ1) is 13.0. The second-order valence-electron chi connectivity index (χ2n) is 4.86. The Morgan fingerprint density at radius 3 is 2.25 bits per heavy atom. The van der Waals surface area contributed by atoms with Crippen LogP contribution >= 0.6 is 0 Å². The van der Waals surface area contributed by atoms with Gasteiger partial charge in [-0.05, 0) is 23.8 Å². The largest absolute Gasteiger partial charge is 0.300 e. The van der Waals surface area contributed by atoms with Crippen molar-refractivity contribution in [2.75, 3.05) is 0 Å². The number of ketones is 1. The first-order valence-corrected chi connectivity index (χ1v) is 6.20. The molecule has 0 N–H and O–H groups in total. The van der Waals surface area contributed by atoms with Gasteiger partial charge in [-0.1, -0.05) is 51.1 Å². The van der Waals surface area contributed by atoms with E-state index in [1.54, 1.807) is 0 Å². The van der Waals surface area contributed by atoms with Crippen molar-refractivity contribution in [1.29, 1.82) is 0 Å². The van der Waals surface area contributed by atoms with Gasteiger partial charge in [0, 0.05) is 12.8 Å². The molecule has 0 aromatic heterocycles. The van der Waals surface area contributed by atoms with E-state index in [4.69, 9.17) is 0 Å². The number of hydrogen-bond acceptors (Lipinski definition) is 1. The molecule has 0 bridgehead atoms. The van der Waals surface area contributed by atoms with Crippen LogP contribution in [0.4, 0.5) is 0 Å². The normalized spacial score (nSPS) is 12.8. The van der Waals surface area contributed by atoms with Gasteiger partial charge in [-0.2, -0.15) is 0 Å². The summed E-state index contributed by atoms with van der Waals surface area (Å²) in [7, 11) is 0. The third kappa shape index (κ3) is 4.18. The molecule has 0 spiro atoms. The second kappa shape index (κ2) is 6.47. The Labute approximate surface area is 98.9 Å². The molecule has 0 radical (unpaired) electrons. The Balaban J connectivity index is 2.59. The molecule has 0 amide bonds. The fourth-order valence-corrected chi connectivity index (χ4v) is 2.04. The average molecular weight is 218 g/mol. The predicted octanol–water partition coefficient (Wildman–Crippen LogP) is 4.19. The molecule has 1 atom stereocenters. The van der Waals surface area contributed by atoms with Crippen LogP contribution < -0.4 is 0 Å². The van der Waals surface area contributed by atoms with Crippen molar-refractivity contribution in [3.8, 4) is 0 Å². The summed E-state index contributed by atoms with van der Waals surface area (Å²) in [6.07, 6.45) is 2.44. The maximum absolute atomic E-state index is 11.8. The van der Waals surface area contributed by atoms with Gasteiger partial charge in [0.1, 0.15) is 5.78 Å². The van der Waals surface area contributed by atoms with Gasteiger partial charge in [0.05, 0.1) is 0 Å². The summed E-state index contributed by atoms with van der Waals surface area (Å²) in [5.41, 5.74) is 1.29. The van der Waals surface area contributed by atoms with Crippen LogP contribution in [0.5, 0.6) is 0 Å². The van der Waals surface area contributed by atoms with Crippen molar-refractivity contribution in [3.05, 3.63) is 35.9 Å². The van der Waals surface area contributed by atoms with Gasteiger partial charge in [-0.25, -0.2) is 0 Å². The topological polar surface area (TPSA) is 17.1 Å². The van der Waals surface area contributed by atoms with E-state index in [2.05, 4.69) is 32.9 Å². The third-order valence-electron chi connectivity index (χ3n) is 2.87. The molecule has 0 saturated heterocycles. The maximum atomic E-state index is 11.8. The predicted molar refractivity (Wildman–Crippen MR) is 68.6 cm³/mol. The monoisotopic (exact) mass is 218 g/mol. The van der Waals surface area contributed by atoms with Crippen LogP contribution in [0.2, 0.25) is 0 Å². The molecule has 0 aliphatic heterocycles. The number of carbonyl (C=O) groups excluding carboxylic acids is 1. The lowest BCUT2D eigenvalue weighted by molar-refractivity contribution is -0.120. The molecule has 1 aromatic rings. The highest BCUT2D eigenvalue weighted by molar-refractivity contribution is 5.79. The molecule has 1 heteroatoms. The van der Waals surface area contributed by atoms with E-state index >= 15 is 0 Å². The molecular formula is C15H22O. The molecular weight excluding hydrogens is 196 g/mol. The lowest BCUT2D eigenvalue weighted by Gasteiger charge is -2.15. The Hall–Kier alpha value is -1.11. The standard InChI is InChI=1S/C15H22O/c1-4-13(11-15(16)10-12(2)3)14-8-6-5-7-9-14/h5-9,12-13H,4,10-11H2,1-3H3. The number of hydrogen-bond donors (Lipinski definition) is 0. The van der Waals surface area contributed by atoms with Crippen molar-refractivity contribution in [1.82, 2.24) is 0 Å². The zero-order valence-corrected chi connectivity index (χ0v) is 10.6. The first-order chi connectivity index (χ1) is 7.63. The molecule has 0 aliphatic carbocycles. The third-order valence-corrected chi connectivity index (χ3v) is 2.87. The van der Waals surface area contributed by atoms with Gasteiger partial charge in [0.15, 0.2) is 0 Å². The molecule has 0 heterocycles. The smallest absolute Gasteiger partial charge is 0.133 e. The summed E-state index contributed by atoms with van der Waals surface area (Å²) in [6, 6.07) is 10.4. The summed E-state index contributed by atoms with van der Waals surface area (Å²) in [5.74, 6) is 1.26. The van der Waals surface area contributed by atoms with Crippen molar-refractivity contribution in [2.24, 2.45) is 5.92 Å². The van der Waals surface area contributed by atoms with E-state index in [-0.39, 0.29) is 0 Å². The van der Waals surface area contributed by atoms with E-state index in [1.165, 1.54) is 5.56 Å².